The Kier molecular flexibility index (Phi) is 8.67. The molecule has 0 bridgehead atoms. The zero-order chi connectivity index (χ0) is 14.1. The maximum atomic E-state index is 5.57. The number of ether oxygens (including phenoxy) is 1. The lowest BCUT2D eigenvalue weighted by molar-refractivity contribution is -0.00528. The minimum Gasteiger partial charge on any atom is -0.380 e. The molecule has 3 unspecified atom stereocenters. The maximum absolute atomic E-state index is 5.57. The van der Waals surface area contributed by atoms with Crippen molar-refractivity contribution in [3.63, 3.8) is 0 Å². The first kappa shape index (κ1) is 16.9. The van der Waals surface area contributed by atoms with E-state index >= 15 is 0 Å². The SMILES string of the molecule is CCCNC(C)CCCCN1CCC(C)C(OC)C1. The molecule has 1 rings (SSSR count). The van der Waals surface area contributed by atoms with Crippen LogP contribution in [-0.4, -0.2) is 50.3 Å². The zero-order valence-corrected chi connectivity index (χ0v) is 13.5. The third kappa shape index (κ3) is 6.73. The average molecular weight is 270 g/mol. The third-order valence-corrected chi connectivity index (χ3v) is 4.38. The molecule has 0 amide bonds. The van der Waals surface area contributed by atoms with Crippen molar-refractivity contribution in [2.75, 3.05) is 33.3 Å². The van der Waals surface area contributed by atoms with Crippen LogP contribution in [0.2, 0.25) is 0 Å². The summed E-state index contributed by atoms with van der Waals surface area (Å²) in [5, 5.41) is 3.56. The lowest BCUT2D eigenvalue weighted by Gasteiger charge is -2.36. The van der Waals surface area contributed by atoms with Crippen LogP contribution in [0.3, 0.4) is 0 Å². The largest absolute Gasteiger partial charge is 0.380 e. The summed E-state index contributed by atoms with van der Waals surface area (Å²) in [5.74, 6) is 0.722. The van der Waals surface area contributed by atoms with E-state index in [9.17, 15) is 0 Å². The summed E-state index contributed by atoms with van der Waals surface area (Å²) < 4.78 is 5.57. The molecule has 19 heavy (non-hydrogen) atoms. The Balaban J connectivity index is 2.06. The lowest BCUT2D eigenvalue weighted by atomic mass is 9.95. The Morgan fingerprint density at radius 3 is 2.84 bits per heavy atom. The molecule has 3 heteroatoms. The predicted octanol–water partition coefficient (Wildman–Crippen LogP) is 2.90. The highest BCUT2D eigenvalue weighted by Crippen LogP contribution is 2.19. The van der Waals surface area contributed by atoms with Crippen molar-refractivity contribution in [1.82, 2.24) is 10.2 Å². The minimum atomic E-state index is 0.443. The van der Waals surface area contributed by atoms with Crippen LogP contribution in [0.25, 0.3) is 0 Å². The van der Waals surface area contributed by atoms with Crippen LogP contribution in [0.1, 0.15) is 52.9 Å². The maximum Gasteiger partial charge on any atom is 0.0724 e. The van der Waals surface area contributed by atoms with Gasteiger partial charge in [-0.2, -0.15) is 0 Å². The number of likely N-dealkylation sites (tertiary alicyclic amines) is 1. The third-order valence-electron chi connectivity index (χ3n) is 4.38. The smallest absolute Gasteiger partial charge is 0.0724 e. The highest BCUT2D eigenvalue weighted by Gasteiger charge is 2.25. The first-order valence-corrected chi connectivity index (χ1v) is 8.15. The van der Waals surface area contributed by atoms with Crippen molar-refractivity contribution < 1.29 is 4.74 Å². The van der Waals surface area contributed by atoms with Gasteiger partial charge in [-0.3, -0.25) is 0 Å². The summed E-state index contributed by atoms with van der Waals surface area (Å²) in [7, 11) is 1.85. The fourth-order valence-electron chi connectivity index (χ4n) is 2.89. The van der Waals surface area contributed by atoms with Crippen LogP contribution >= 0.6 is 0 Å². The van der Waals surface area contributed by atoms with Gasteiger partial charge in [0, 0.05) is 19.7 Å². The van der Waals surface area contributed by atoms with E-state index in [0.29, 0.717) is 12.1 Å². The summed E-state index contributed by atoms with van der Waals surface area (Å²) in [6.07, 6.45) is 6.92. The second kappa shape index (κ2) is 9.73. The molecule has 0 aliphatic carbocycles. The molecule has 114 valence electrons. The summed E-state index contributed by atoms with van der Waals surface area (Å²) in [6.45, 7) is 11.6. The monoisotopic (exact) mass is 270 g/mol. The molecule has 1 saturated heterocycles. The zero-order valence-electron chi connectivity index (χ0n) is 13.5. The molecule has 0 aromatic heterocycles. The van der Waals surface area contributed by atoms with Gasteiger partial charge in [0.05, 0.1) is 6.10 Å². The fraction of sp³-hybridized carbons (Fsp3) is 1.00. The molecule has 1 aliphatic rings. The normalized spacial score (nSPS) is 26.5. The highest BCUT2D eigenvalue weighted by molar-refractivity contribution is 4.78. The molecule has 1 N–H and O–H groups in total. The number of nitrogens with one attached hydrogen (secondary N) is 1. The highest BCUT2D eigenvalue weighted by atomic mass is 16.5. The molecule has 0 spiro atoms. The fourth-order valence-corrected chi connectivity index (χ4v) is 2.89. The summed E-state index contributed by atoms with van der Waals surface area (Å²) >= 11 is 0. The Morgan fingerprint density at radius 1 is 1.37 bits per heavy atom. The number of nitrogens with zero attached hydrogens (tertiary/aromatic N) is 1. The van der Waals surface area contributed by atoms with Crippen LogP contribution in [0.4, 0.5) is 0 Å². The number of piperidine rings is 1. The van der Waals surface area contributed by atoms with Crippen LogP contribution < -0.4 is 5.32 Å². The van der Waals surface area contributed by atoms with Crippen LogP contribution in [0.5, 0.6) is 0 Å². The molecule has 1 aliphatic heterocycles. The van der Waals surface area contributed by atoms with E-state index in [0.717, 1.165) is 19.0 Å². The number of hydrogen-bond acceptors (Lipinski definition) is 3. The quantitative estimate of drug-likeness (QED) is 0.652. The van der Waals surface area contributed by atoms with E-state index in [4.69, 9.17) is 4.74 Å². The minimum absolute atomic E-state index is 0.443. The molecule has 0 aromatic carbocycles. The average Bonchev–Trinajstić information content (AvgIpc) is 2.42. The predicted molar refractivity (Wildman–Crippen MR) is 82.6 cm³/mol. The Hall–Kier alpha value is -0.120. The molecular formula is C16H34N2O. The van der Waals surface area contributed by atoms with Gasteiger partial charge in [0.2, 0.25) is 0 Å². The van der Waals surface area contributed by atoms with Gasteiger partial charge >= 0.3 is 0 Å². The molecular weight excluding hydrogens is 236 g/mol. The number of methoxy groups -OCH3 is 1. The van der Waals surface area contributed by atoms with Crippen molar-refractivity contribution >= 4 is 0 Å². The van der Waals surface area contributed by atoms with Crippen molar-refractivity contribution in [2.45, 2.75) is 65.0 Å². The molecule has 3 nitrogen and oxygen atoms in total. The van der Waals surface area contributed by atoms with Gasteiger partial charge in [-0.1, -0.05) is 20.3 Å². The van der Waals surface area contributed by atoms with E-state index in [-0.39, 0.29) is 0 Å². The number of hydrogen-bond donors (Lipinski definition) is 1. The topological polar surface area (TPSA) is 24.5 Å². The molecule has 0 saturated carbocycles. The summed E-state index contributed by atoms with van der Waals surface area (Å²) in [5.41, 5.74) is 0. The Bertz CT molecular complexity index is 223. The van der Waals surface area contributed by atoms with Crippen molar-refractivity contribution in [1.29, 1.82) is 0 Å². The second-order valence-corrected chi connectivity index (χ2v) is 6.19. The standard InChI is InChI=1S/C16H34N2O/c1-5-10-17-15(3)8-6-7-11-18-12-9-14(2)16(13-18)19-4/h14-17H,5-13H2,1-4H3. The molecule has 1 fully saturated rings. The van der Waals surface area contributed by atoms with E-state index in [2.05, 4.69) is 31.0 Å². The van der Waals surface area contributed by atoms with Gasteiger partial charge in [0.15, 0.2) is 0 Å². The number of unbranched alkanes of at least 4 members (excludes halogenated alkanes) is 1. The van der Waals surface area contributed by atoms with Gasteiger partial charge in [-0.15, -0.1) is 0 Å². The molecule has 0 radical (unpaired) electrons. The van der Waals surface area contributed by atoms with Crippen LogP contribution in [0, 0.1) is 5.92 Å². The van der Waals surface area contributed by atoms with E-state index in [1.165, 1.54) is 45.2 Å². The molecule has 1 heterocycles. The van der Waals surface area contributed by atoms with Crippen LogP contribution in [0.15, 0.2) is 0 Å². The first-order valence-electron chi connectivity index (χ1n) is 8.15. The summed E-state index contributed by atoms with van der Waals surface area (Å²) in [4.78, 5) is 2.58. The second-order valence-electron chi connectivity index (χ2n) is 6.19. The summed E-state index contributed by atoms with van der Waals surface area (Å²) in [6, 6.07) is 0.674. The van der Waals surface area contributed by atoms with E-state index in [1.54, 1.807) is 0 Å². The van der Waals surface area contributed by atoms with Gasteiger partial charge in [0.25, 0.3) is 0 Å². The van der Waals surface area contributed by atoms with Gasteiger partial charge < -0.3 is 15.0 Å². The van der Waals surface area contributed by atoms with Crippen LogP contribution in [-0.2, 0) is 4.74 Å². The Labute approximate surface area is 120 Å². The van der Waals surface area contributed by atoms with Crippen molar-refractivity contribution in [3.05, 3.63) is 0 Å². The van der Waals surface area contributed by atoms with Crippen molar-refractivity contribution in [3.8, 4) is 0 Å². The van der Waals surface area contributed by atoms with E-state index < -0.39 is 0 Å². The van der Waals surface area contributed by atoms with Gasteiger partial charge in [-0.25, -0.2) is 0 Å². The van der Waals surface area contributed by atoms with Gasteiger partial charge in [0.1, 0.15) is 0 Å². The Morgan fingerprint density at radius 2 is 2.16 bits per heavy atom. The lowest BCUT2D eigenvalue weighted by Crippen LogP contribution is -2.44. The first-order chi connectivity index (χ1) is 9.17. The molecule has 0 aromatic rings. The van der Waals surface area contributed by atoms with E-state index in [1.807, 2.05) is 7.11 Å². The number of rotatable bonds is 9. The van der Waals surface area contributed by atoms with Gasteiger partial charge in [-0.05, 0) is 58.2 Å². The van der Waals surface area contributed by atoms with Crippen molar-refractivity contribution in [2.24, 2.45) is 5.92 Å². The molecule has 3 atom stereocenters.